The van der Waals surface area contributed by atoms with Gasteiger partial charge in [-0.05, 0) is 15.9 Å². The maximum Gasteiger partial charge on any atom is 0.294 e. The molecular weight excluding hydrogens is 416 g/mol. The fraction of sp³-hybridized carbons (Fsp3) is 0.417. The molecule has 0 spiro atoms. The van der Waals surface area contributed by atoms with Crippen molar-refractivity contribution in [3.63, 3.8) is 0 Å². The number of carbonyl (C=O) groups excluding carboxylic acids is 1. The molecule has 1 fully saturated rings. The lowest BCUT2D eigenvalue weighted by Crippen LogP contribution is -2.26. The lowest BCUT2D eigenvalue weighted by atomic mass is 10.1. The molecule has 0 saturated carbocycles. The van der Waals surface area contributed by atoms with Gasteiger partial charge in [0.1, 0.15) is 11.4 Å². The Bertz CT molecular complexity index is 769. The maximum absolute atomic E-state index is 12.1. The number of anilines is 1. The van der Waals surface area contributed by atoms with Crippen molar-refractivity contribution in [1.82, 2.24) is 0 Å². The van der Waals surface area contributed by atoms with Gasteiger partial charge in [-0.1, -0.05) is 0 Å². The second-order valence-corrected chi connectivity index (χ2v) is 8.69. The number of carbonyl (C=O) groups is 1. The number of methoxy groups -OCH3 is 1. The Morgan fingerprint density at radius 2 is 2.17 bits per heavy atom. The predicted molar refractivity (Wildman–Crippen MR) is 87.4 cm³/mol. The lowest BCUT2D eigenvalue weighted by molar-refractivity contribution is -0.384. The fourth-order valence-corrected chi connectivity index (χ4v) is 4.27. The Morgan fingerprint density at radius 3 is 2.70 bits per heavy atom. The first-order chi connectivity index (χ1) is 10.6. The highest BCUT2D eigenvalue weighted by Crippen LogP contribution is 2.40. The van der Waals surface area contributed by atoms with Crippen LogP contribution in [0.4, 0.5) is 11.4 Å². The molecule has 1 aliphatic rings. The zero-order chi connectivity index (χ0) is 17.4. The van der Waals surface area contributed by atoms with Gasteiger partial charge in [0.15, 0.2) is 0 Å². The molecule has 23 heavy (non-hydrogen) atoms. The number of nitro groups is 1. The van der Waals surface area contributed by atoms with Crippen molar-refractivity contribution in [2.45, 2.75) is 6.42 Å². The van der Waals surface area contributed by atoms with Crippen molar-refractivity contribution in [3.05, 3.63) is 26.7 Å². The Labute approximate surface area is 145 Å². The molecule has 1 amide bonds. The number of rotatable bonds is 5. The molecule has 1 aliphatic heterocycles. The first-order valence-electron chi connectivity index (χ1n) is 6.37. The van der Waals surface area contributed by atoms with Crippen LogP contribution in [0.3, 0.4) is 0 Å². The van der Waals surface area contributed by atoms with E-state index in [-0.39, 0.29) is 30.1 Å². The van der Waals surface area contributed by atoms with Gasteiger partial charge >= 0.3 is 0 Å². The summed E-state index contributed by atoms with van der Waals surface area (Å²) in [6.45, 7) is 0.0381. The standard InChI is InChI=1S/C12H12BrClN2O6S/c1-22-11-4-9(10(16(18)19)3-8(11)13)15-5-7(2-12(15)17)6-23(14,20)21/h3-4,7H,2,5-6H2,1H3. The highest BCUT2D eigenvalue weighted by Gasteiger charge is 2.36. The maximum atomic E-state index is 12.1. The average molecular weight is 428 g/mol. The van der Waals surface area contributed by atoms with Crippen LogP contribution in [0.1, 0.15) is 6.42 Å². The average Bonchev–Trinajstić information content (AvgIpc) is 2.76. The lowest BCUT2D eigenvalue weighted by Gasteiger charge is -2.18. The van der Waals surface area contributed by atoms with Crippen LogP contribution in [0, 0.1) is 16.0 Å². The summed E-state index contributed by atoms with van der Waals surface area (Å²) < 4.78 is 27.8. The zero-order valence-electron chi connectivity index (χ0n) is 11.9. The number of benzene rings is 1. The van der Waals surface area contributed by atoms with Crippen LogP contribution in [-0.2, 0) is 13.8 Å². The summed E-state index contributed by atoms with van der Waals surface area (Å²) in [5.74, 6) is -0.952. The summed E-state index contributed by atoms with van der Waals surface area (Å²) in [5, 5.41) is 11.2. The molecule has 8 nitrogen and oxygen atoms in total. The number of hydrogen-bond acceptors (Lipinski definition) is 6. The minimum absolute atomic E-state index is 0.0381. The quantitative estimate of drug-likeness (QED) is 0.405. The minimum Gasteiger partial charge on any atom is -0.495 e. The van der Waals surface area contributed by atoms with Crippen LogP contribution in [0.15, 0.2) is 16.6 Å². The summed E-state index contributed by atoms with van der Waals surface area (Å²) >= 11 is 3.16. The number of nitro benzene ring substituents is 1. The molecule has 126 valence electrons. The van der Waals surface area contributed by atoms with Gasteiger partial charge in [-0.15, -0.1) is 0 Å². The van der Waals surface area contributed by atoms with Crippen molar-refractivity contribution < 1.29 is 22.9 Å². The van der Waals surface area contributed by atoms with Crippen LogP contribution in [0.25, 0.3) is 0 Å². The summed E-state index contributed by atoms with van der Waals surface area (Å²) in [6, 6.07) is 2.62. The smallest absolute Gasteiger partial charge is 0.294 e. The molecule has 1 aromatic carbocycles. The van der Waals surface area contributed by atoms with Crippen LogP contribution < -0.4 is 9.64 Å². The van der Waals surface area contributed by atoms with Gasteiger partial charge < -0.3 is 9.64 Å². The topological polar surface area (TPSA) is 107 Å². The van der Waals surface area contributed by atoms with E-state index in [0.717, 1.165) is 0 Å². The van der Waals surface area contributed by atoms with E-state index in [1.54, 1.807) is 0 Å². The normalized spacial score (nSPS) is 18.3. The number of ether oxygens (including phenoxy) is 1. The summed E-state index contributed by atoms with van der Waals surface area (Å²) in [7, 11) is 2.85. The number of halogens is 2. The van der Waals surface area contributed by atoms with E-state index in [9.17, 15) is 23.3 Å². The van der Waals surface area contributed by atoms with Gasteiger partial charge in [0.25, 0.3) is 5.69 Å². The Morgan fingerprint density at radius 1 is 1.52 bits per heavy atom. The van der Waals surface area contributed by atoms with Crippen molar-refractivity contribution in [2.24, 2.45) is 5.92 Å². The monoisotopic (exact) mass is 426 g/mol. The third kappa shape index (κ3) is 4.12. The molecule has 1 unspecified atom stereocenters. The third-order valence-corrected chi connectivity index (χ3v) is 5.24. The Kier molecular flexibility index (Phi) is 5.17. The highest BCUT2D eigenvalue weighted by atomic mass is 79.9. The first kappa shape index (κ1) is 18.0. The third-order valence-electron chi connectivity index (χ3n) is 3.38. The van der Waals surface area contributed by atoms with E-state index >= 15 is 0 Å². The van der Waals surface area contributed by atoms with Gasteiger partial charge in [-0.2, -0.15) is 0 Å². The van der Waals surface area contributed by atoms with Crippen LogP contribution in [0.5, 0.6) is 5.75 Å². The Balaban J connectivity index is 2.41. The molecule has 0 aromatic heterocycles. The van der Waals surface area contributed by atoms with Gasteiger partial charge in [0, 0.05) is 41.7 Å². The van der Waals surface area contributed by atoms with Crippen molar-refractivity contribution in [1.29, 1.82) is 0 Å². The van der Waals surface area contributed by atoms with Crippen LogP contribution in [-0.4, -0.2) is 38.7 Å². The highest BCUT2D eigenvalue weighted by molar-refractivity contribution is 9.10. The molecule has 11 heteroatoms. The summed E-state index contributed by atoms with van der Waals surface area (Å²) in [5.41, 5.74) is -0.213. The van der Waals surface area contributed by atoms with Crippen molar-refractivity contribution >= 4 is 52.9 Å². The van der Waals surface area contributed by atoms with Crippen molar-refractivity contribution in [2.75, 3.05) is 24.3 Å². The second kappa shape index (κ2) is 6.62. The molecule has 0 radical (unpaired) electrons. The molecule has 0 N–H and O–H groups in total. The van der Waals surface area contributed by atoms with Gasteiger partial charge in [0.05, 0.1) is 22.3 Å². The van der Waals surface area contributed by atoms with E-state index < -0.39 is 25.8 Å². The van der Waals surface area contributed by atoms with E-state index in [1.807, 2.05) is 0 Å². The second-order valence-electron chi connectivity index (χ2n) is 5.01. The van der Waals surface area contributed by atoms with E-state index in [1.165, 1.54) is 24.1 Å². The molecule has 1 heterocycles. The molecule has 2 rings (SSSR count). The largest absolute Gasteiger partial charge is 0.495 e. The first-order valence-corrected chi connectivity index (χ1v) is 9.64. The summed E-state index contributed by atoms with van der Waals surface area (Å²) in [4.78, 5) is 24.0. The molecular formula is C12H12BrClN2O6S. The molecule has 1 saturated heterocycles. The molecule has 0 aliphatic carbocycles. The predicted octanol–water partition coefficient (Wildman–Crippen LogP) is 2.29. The van der Waals surface area contributed by atoms with Gasteiger partial charge in [-0.25, -0.2) is 8.42 Å². The van der Waals surface area contributed by atoms with Gasteiger partial charge in [-0.3, -0.25) is 14.9 Å². The van der Waals surface area contributed by atoms with E-state index in [4.69, 9.17) is 15.4 Å². The van der Waals surface area contributed by atoms with Crippen LogP contribution >= 0.6 is 26.6 Å². The SMILES string of the molecule is COc1cc(N2CC(CS(=O)(=O)Cl)CC2=O)c([N+](=O)[O-])cc1Br. The number of hydrogen-bond donors (Lipinski definition) is 0. The minimum atomic E-state index is -3.76. The number of nitrogens with zero attached hydrogens (tertiary/aromatic N) is 2. The molecule has 1 atom stereocenters. The van der Waals surface area contributed by atoms with E-state index in [0.29, 0.717) is 10.2 Å². The fourth-order valence-electron chi connectivity index (χ4n) is 2.46. The zero-order valence-corrected chi connectivity index (χ0v) is 15.0. The number of amides is 1. The molecule has 1 aromatic rings. The van der Waals surface area contributed by atoms with Crippen molar-refractivity contribution in [3.8, 4) is 5.75 Å². The summed E-state index contributed by atoms with van der Waals surface area (Å²) in [6.07, 6.45) is -0.0402. The van der Waals surface area contributed by atoms with Crippen LogP contribution in [0.2, 0.25) is 0 Å². The van der Waals surface area contributed by atoms with Gasteiger partial charge in [0.2, 0.25) is 15.0 Å². The molecule has 0 bridgehead atoms. The Hall–Kier alpha value is -1.39. The van der Waals surface area contributed by atoms with E-state index in [2.05, 4.69) is 15.9 Å².